The van der Waals surface area contributed by atoms with Gasteiger partial charge in [0.1, 0.15) is 36.3 Å². The first-order chi connectivity index (χ1) is 73.7. The van der Waals surface area contributed by atoms with Crippen molar-refractivity contribution in [2.24, 2.45) is 68.1 Å². The number of aliphatic imine (C=N–C) groups is 2. The predicted molar refractivity (Wildman–Crippen MR) is 618 cm³/mol. The smallest absolute Gasteiger partial charge is 0.244 e. The molecule has 30 nitrogen and oxygen atoms in total. The molecule has 0 spiro atoms. The van der Waals surface area contributed by atoms with Gasteiger partial charge >= 0.3 is 0 Å². The van der Waals surface area contributed by atoms with Gasteiger partial charge in [0, 0.05) is 229 Å². The summed E-state index contributed by atoms with van der Waals surface area (Å²) in [7, 11) is 51.6. The average Bonchev–Trinajstić information content (AvgIpc) is 0.846. The number of hydrogen-bond acceptors (Lipinski definition) is 16. The summed E-state index contributed by atoms with van der Waals surface area (Å²) in [5.74, 6) is 22.0. The maximum Gasteiger partial charge on any atom is 0.244 e. The van der Waals surface area contributed by atoms with Crippen molar-refractivity contribution >= 4 is 210 Å². The monoisotopic (exact) mass is 2000 g/mol. The second-order valence-electron chi connectivity index (χ2n) is 35.2. The van der Waals surface area contributed by atoms with E-state index in [-0.39, 0.29) is 131 Å². The van der Waals surface area contributed by atoms with Gasteiger partial charge in [-0.25, -0.2) is 0 Å². The van der Waals surface area contributed by atoms with E-state index in [4.69, 9.17) is 124 Å². The number of guanidine groups is 2. The van der Waals surface area contributed by atoms with Crippen molar-refractivity contribution in [1.82, 2.24) is 42.5 Å². The van der Waals surface area contributed by atoms with Crippen LogP contribution in [0.15, 0.2) is 143 Å². The summed E-state index contributed by atoms with van der Waals surface area (Å²) in [6.45, 7) is 7.79. The number of nitrogens with one attached hydrogen (secondary N) is 8. The van der Waals surface area contributed by atoms with Gasteiger partial charge in [-0.1, -0.05) is 212 Å². The third-order valence-corrected chi connectivity index (χ3v) is 23.4. The Morgan fingerprint density at radius 2 is 0.649 bits per heavy atom. The topological polar surface area (TPSA) is 516 Å². The highest BCUT2D eigenvalue weighted by Crippen LogP contribution is 2.30. The van der Waals surface area contributed by atoms with Crippen molar-refractivity contribution in [2.75, 3.05) is 26.2 Å². The number of nitrogens with two attached hydrogens (primary N) is 6. The zero-order chi connectivity index (χ0) is 116. The molecule has 4 aliphatic rings. The van der Waals surface area contributed by atoms with Crippen molar-refractivity contribution < 1.29 is 81.9 Å². The van der Waals surface area contributed by atoms with Gasteiger partial charge in [0.2, 0.25) is 59.1 Å². The van der Waals surface area contributed by atoms with Crippen LogP contribution in [-0.2, 0) is 70.4 Å². The molecule has 0 aromatic heterocycles. The van der Waals surface area contributed by atoms with Crippen LogP contribution in [0.2, 0.25) is 0 Å². The van der Waals surface area contributed by atoms with E-state index >= 15 is 0 Å². The number of carbonyl (C=O) groups is 14. The van der Waals surface area contributed by atoms with E-state index in [0.29, 0.717) is 84.7 Å². The fraction of sp³-hybridized carbons (Fsp3) is 0.451. The van der Waals surface area contributed by atoms with Gasteiger partial charge in [-0.05, 0) is 187 Å². The Balaban J connectivity index is -0.000000532. The molecule has 2 aliphatic heterocycles. The van der Waals surface area contributed by atoms with Crippen LogP contribution in [0.25, 0.3) is 0 Å². The molecule has 8 rings (SSSR count). The summed E-state index contributed by atoms with van der Waals surface area (Å²) < 4.78 is 40.0. The van der Waals surface area contributed by atoms with Gasteiger partial charge in [0.25, 0.3) is 0 Å². The van der Waals surface area contributed by atoms with E-state index in [9.17, 15) is 67.1 Å². The second-order valence-corrected chi connectivity index (χ2v) is 35.2. The molecule has 10 amide bonds. The van der Waals surface area contributed by atoms with Crippen LogP contribution in [0.3, 0.4) is 0 Å². The van der Waals surface area contributed by atoms with Gasteiger partial charge in [0.15, 0.2) is 35.1 Å². The number of nitrogens with zero attached hydrogens (tertiary/aromatic N) is 2. The van der Waals surface area contributed by atoms with Crippen LogP contribution in [0.1, 0.15) is 254 Å². The van der Waals surface area contributed by atoms with E-state index in [2.05, 4.69) is 124 Å². The van der Waals surface area contributed by atoms with Crippen molar-refractivity contribution in [3.63, 3.8) is 0 Å². The number of allylic oxidation sites excluding steroid dienone is 2. The molecule has 0 bridgehead atoms. The third-order valence-electron chi connectivity index (χ3n) is 23.4. The molecule has 2 saturated carbocycles. The SMILES string of the molecule is C.C.CC#CC#CC#CC.CC#CC#CC#CC.NC(=O)C1CCCCNC(=O)C(Cc2ccc(C(=O)c3ccccc3)cc2)NC(=O)C(CC2CCCCC2)NC(=O)C(CCCN=C(N)N)CC(=O)C=CC(=O)N1.NC(=O)C1CCCCNC(=O)C(Cc2ccc(C(=O)c3ccccc3)cc2)NC(=O)C(CC2CCCCC2)NC(=O)C(CCCN=C(N)N)CC(=O)C=CC(=O)N1.[2HH].[2HH].[2H][2H].[2H][2H].[2H][2H].[2H][2H].[B]B([B])B([B])B([B])[B].[B]B([B])B([B])B([B])[B]. The minimum atomic E-state index is -1.05. The molecule has 8 unspecified atom stereocenters. The first-order valence-corrected chi connectivity index (χ1v) is 48.8. The summed E-state index contributed by atoms with van der Waals surface area (Å²) in [5, 5.41) is 22.4. The Bertz CT molecular complexity index is 5090. The van der Waals surface area contributed by atoms with Gasteiger partial charge in [-0.3, -0.25) is 77.1 Å². The minimum Gasteiger partial charge on any atom is -0.370 e. The van der Waals surface area contributed by atoms with Crippen molar-refractivity contribution in [3.8, 4) is 71.0 Å². The molecule has 0 saturated heterocycles. The van der Waals surface area contributed by atoms with Crippen molar-refractivity contribution in [3.05, 3.63) is 167 Å². The minimum absolute atomic E-state index is 0. The normalized spacial score (nSPS) is 18.6. The fourth-order valence-corrected chi connectivity index (χ4v) is 15.3. The van der Waals surface area contributed by atoms with E-state index in [1.807, 2.05) is 12.1 Å². The first kappa shape index (κ1) is 125. The lowest BCUT2D eigenvalue weighted by atomic mass is 8.68. The van der Waals surface area contributed by atoms with Crippen LogP contribution in [0.5, 0.6) is 0 Å². The Morgan fingerprint density at radius 3 is 0.926 bits per heavy atom. The molecule has 46 heteroatoms. The van der Waals surface area contributed by atoms with Crippen molar-refractivity contribution in [1.29, 1.82) is 0 Å². The predicted octanol–water partition coefficient (Wildman–Crippen LogP) is 2.44. The summed E-state index contributed by atoms with van der Waals surface area (Å²) in [5.41, 5.74) is 36.4. The fourth-order valence-electron chi connectivity index (χ4n) is 15.3. The van der Waals surface area contributed by atoms with Crippen LogP contribution in [0.4, 0.5) is 0 Å². The molecule has 20 radical (unpaired) electrons. The lowest BCUT2D eigenvalue weighted by Crippen LogP contribution is -2.55. The lowest BCUT2D eigenvalue weighted by Gasteiger charge is -2.29. The molecule has 148 heavy (non-hydrogen) atoms. The average molecular weight is 2000 g/mol. The van der Waals surface area contributed by atoms with Gasteiger partial charge in [0.05, 0.1) is 0 Å². The molecule has 4 aromatic carbocycles. The van der Waals surface area contributed by atoms with E-state index in [0.717, 1.165) is 88.5 Å². The number of benzene rings is 4. The Labute approximate surface area is 907 Å². The Kier molecular flexibility index (Phi) is 65.2. The standard InChI is InChI=1S/2C42H56N8O7.2C8H6.2CH4.2B8.6H2/c2*43-38(54)33-15-7-8-22-46-40(56)34(25-28-16-18-30(19-17-28)37(53)29-12-5-2-6-13-29)50-41(57)35(24-27-10-3-1-4-11-27)49-39(55)31(14-9-23-47-42(44)45)26-32(51)20-21-36(52)48-33;2*1-3-5-7-8-6-4-2;;;2*1-6(2)8(5)7(3)4;;;;;;/h2*2,5-6,12-13,16-21,27,31,33-35H,1,3-4,7-11,14-15,22-26H2,(H2,43,54)(H,46,56)(H,48,52)(H,49,55)(H,50,57)(H4,44,45,47);2*1-2H3;2*1H4;;;6*1H/i;;;;;;;;4*1+1D;2*1+1. The molecule has 2 fully saturated rings. The summed E-state index contributed by atoms with van der Waals surface area (Å²) in [6.07, 6.45) is 13.8. The quantitative estimate of drug-likeness (QED) is 0.0107. The molecular weight excluding hydrogens is 1850 g/mol. The molecule has 4 aromatic rings. The lowest BCUT2D eigenvalue weighted by molar-refractivity contribution is -0.134. The highest BCUT2D eigenvalue weighted by atomic mass is 16.2. The highest BCUT2D eigenvalue weighted by molar-refractivity contribution is 7.90. The summed E-state index contributed by atoms with van der Waals surface area (Å²) in [4.78, 5) is 194. The first-order valence-electron chi connectivity index (χ1n) is 52.8. The molecule has 8 atom stereocenters. The molecule has 2 heterocycles. The van der Waals surface area contributed by atoms with E-state index < -0.39 is 157 Å². The zero-order valence-electron chi connectivity index (χ0n) is 92.0. The third kappa shape index (κ3) is 57.1. The number of carbonyl (C=O) groups excluding carboxylic acids is 14. The number of rotatable bonds is 26. The molecule has 764 valence electrons. The maximum absolute atomic E-state index is 14.2. The van der Waals surface area contributed by atoms with E-state index in [1.54, 1.807) is 125 Å². The van der Waals surface area contributed by atoms with Gasteiger partial charge in [-0.2, -0.15) is 0 Å². The Hall–Kier alpha value is -13.3. The van der Waals surface area contributed by atoms with Crippen molar-refractivity contribution in [2.45, 2.75) is 246 Å². The van der Waals surface area contributed by atoms with E-state index in [1.165, 1.54) is 0 Å². The van der Waals surface area contributed by atoms with Crippen LogP contribution in [0, 0.1) is 94.7 Å². The van der Waals surface area contributed by atoms with Crippen LogP contribution in [-0.4, -0.2) is 272 Å². The highest BCUT2D eigenvalue weighted by Gasteiger charge is 2.36. The largest absolute Gasteiger partial charge is 0.370 e. The number of amides is 10. The number of primary amides is 2. The number of ketones is 4. The Morgan fingerprint density at radius 1 is 0.358 bits per heavy atom. The van der Waals surface area contributed by atoms with Crippen LogP contribution >= 0.6 is 0 Å². The van der Waals surface area contributed by atoms with Crippen LogP contribution < -0.4 is 76.9 Å². The van der Waals surface area contributed by atoms with Gasteiger partial charge in [-0.15, -0.1) is 0 Å². The zero-order valence-corrected chi connectivity index (χ0v) is 84.0. The summed E-state index contributed by atoms with van der Waals surface area (Å²) in [6, 6.07) is 25.3. The molecule has 2 aliphatic carbocycles. The molecular formula is C102H144B16N16O14. The molecule has 20 N–H and O–H groups in total. The second kappa shape index (κ2) is 77.1. The van der Waals surface area contributed by atoms with Gasteiger partial charge < -0.3 is 76.9 Å². The maximum atomic E-state index is 14.2. The number of hydrogen-bond donors (Lipinski definition) is 14. The summed E-state index contributed by atoms with van der Waals surface area (Å²) >= 11 is 0.